The Morgan fingerprint density at radius 3 is 2.59 bits per heavy atom. The minimum absolute atomic E-state index is 0.0166. The van der Waals surface area contributed by atoms with E-state index in [4.69, 9.17) is 17.0 Å². The Morgan fingerprint density at radius 2 is 1.91 bits per heavy atom. The molecule has 5 heteroatoms. The van der Waals surface area contributed by atoms with Gasteiger partial charge in [0.1, 0.15) is 5.75 Å². The molecule has 0 atom stereocenters. The van der Waals surface area contributed by atoms with E-state index in [1.165, 1.54) is 6.92 Å². The van der Waals surface area contributed by atoms with Crippen LogP contribution in [0.1, 0.15) is 22.8 Å². The second-order valence-corrected chi connectivity index (χ2v) is 5.33. The molecule has 0 spiro atoms. The van der Waals surface area contributed by atoms with Crippen LogP contribution < -0.4 is 15.4 Å². The average Bonchev–Trinajstić information content (AvgIpc) is 2.47. The molecule has 2 rings (SSSR count). The van der Waals surface area contributed by atoms with Gasteiger partial charge in [-0.2, -0.15) is 0 Å². The number of hydrogen-bond donors (Lipinski definition) is 2. The third kappa shape index (κ3) is 4.05. The predicted octanol–water partition coefficient (Wildman–Crippen LogP) is 4.02. The monoisotopic (exact) mass is 314 g/mol. The van der Waals surface area contributed by atoms with E-state index in [1.54, 1.807) is 19.2 Å². The van der Waals surface area contributed by atoms with Crippen LogP contribution in [-0.2, 0) is 0 Å². The second kappa shape index (κ2) is 7.04. The average molecular weight is 314 g/mol. The van der Waals surface area contributed by atoms with Gasteiger partial charge in [0, 0.05) is 11.3 Å². The summed E-state index contributed by atoms with van der Waals surface area (Å²) in [6, 6.07) is 13.0. The maximum atomic E-state index is 11.4. The summed E-state index contributed by atoms with van der Waals surface area (Å²) in [5, 5.41) is 6.61. The van der Waals surface area contributed by atoms with Crippen molar-refractivity contribution >= 4 is 34.5 Å². The SMILES string of the molecule is COc1ccc(C)cc1NC(=S)Nc1cccc(C(C)=O)c1. The molecule has 2 N–H and O–H groups in total. The number of nitrogens with one attached hydrogen (secondary N) is 2. The largest absolute Gasteiger partial charge is 0.495 e. The van der Waals surface area contributed by atoms with Crippen LogP contribution in [0.5, 0.6) is 5.75 Å². The summed E-state index contributed by atoms with van der Waals surface area (Å²) in [6.45, 7) is 3.53. The lowest BCUT2D eigenvalue weighted by molar-refractivity contribution is 0.101. The van der Waals surface area contributed by atoms with Gasteiger partial charge in [0.05, 0.1) is 12.8 Å². The van der Waals surface area contributed by atoms with E-state index in [1.807, 2.05) is 37.3 Å². The topological polar surface area (TPSA) is 50.4 Å². The van der Waals surface area contributed by atoms with Gasteiger partial charge in [-0.15, -0.1) is 0 Å². The number of thiocarbonyl (C=S) groups is 1. The lowest BCUT2D eigenvalue weighted by Gasteiger charge is -2.14. The van der Waals surface area contributed by atoms with Gasteiger partial charge in [-0.25, -0.2) is 0 Å². The molecular weight excluding hydrogens is 296 g/mol. The van der Waals surface area contributed by atoms with Gasteiger partial charge in [0.15, 0.2) is 10.9 Å². The fraction of sp³-hybridized carbons (Fsp3) is 0.176. The van der Waals surface area contributed by atoms with E-state index in [9.17, 15) is 4.79 Å². The third-order valence-electron chi connectivity index (χ3n) is 3.13. The van der Waals surface area contributed by atoms with E-state index in [0.717, 1.165) is 16.9 Å². The summed E-state index contributed by atoms with van der Waals surface area (Å²) >= 11 is 5.32. The molecule has 0 radical (unpaired) electrons. The molecule has 4 nitrogen and oxygen atoms in total. The van der Waals surface area contributed by atoms with Crippen molar-refractivity contribution in [2.75, 3.05) is 17.7 Å². The van der Waals surface area contributed by atoms with Crippen LogP contribution in [0.25, 0.3) is 0 Å². The zero-order valence-corrected chi connectivity index (χ0v) is 13.6. The molecule has 0 saturated heterocycles. The number of ketones is 1. The number of hydrogen-bond acceptors (Lipinski definition) is 3. The molecule has 0 saturated carbocycles. The molecule has 0 aliphatic heterocycles. The van der Waals surface area contributed by atoms with E-state index in [-0.39, 0.29) is 5.78 Å². The molecule has 0 aliphatic carbocycles. The highest BCUT2D eigenvalue weighted by molar-refractivity contribution is 7.80. The van der Waals surface area contributed by atoms with Crippen LogP contribution >= 0.6 is 12.2 Å². The molecule has 0 aliphatic rings. The van der Waals surface area contributed by atoms with Crippen LogP contribution in [0, 0.1) is 6.92 Å². The van der Waals surface area contributed by atoms with E-state index in [2.05, 4.69) is 10.6 Å². The van der Waals surface area contributed by atoms with Crippen molar-refractivity contribution in [2.24, 2.45) is 0 Å². The van der Waals surface area contributed by atoms with Crippen molar-refractivity contribution in [3.63, 3.8) is 0 Å². The predicted molar refractivity (Wildman–Crippen MR) is 94.0 cm³/mol. The van der Waals surface area contributed by atoms with Crippen LogP contribution in [0.4, 0.5) is 11.4 Å². The van der Waals surface area contributed by atoms with E-state index in [0.29, 0.717) is 16.4 Å². The highest BCUT2D eigenvalue weighted by atomic mass is 32.1. The quantitative estimate of drug-likeness (QED) is 0.659. The molecule has 0 bridgehead atoms. The number of benzene rings is 2. The standard InChI is InChI=1S/C17H18N2O2S/c1-11-7-8-16(21-3)15(9-11)19-17(22)18-14-6-4-5-13(10-14)12(2)20/h4-10H,1-3H3,(H2,18,19,22). The Morgan fingerprint density at radius 1 is 1.14 bits per heavy atom. The van der Waals surface area contributed by atoms with Gasteiger partial charge in [-0.3, -0.25) is 4.79 Å². The molecule has 0 heterocycles. The summed E-state index contributed by atoms with van der Waals surface area (Å²) in [6.07, 6.45) is 0. The minimum atomic E-state index is 0.0166. The number of rotatable bonds is 4. The lowest BCUT2D eigenvalue weighted by atomic mass is 10.1. The summed E-state index contributed by atoms with van der Waals surface area (Å²) in [7, 11) is 1.61. The normalized spacial score (nSPS) is 9.95. The number of aryl methyl sites for hydroxylation is 1. The van der Waals surface area contributed by atoms with Gasteiger partial charge in [-0.1, -0.05) is 18.2 Å². The molecular formula is C17H18N2O2S. The zero-order valence-electron chi connectivity index (χ0n) is 12.8. The molecule has 0 fully saturated rings. The third-order valence-corrected chi connectivity index (χ3v) is 3.33. The summed E-state index contributed by atoms with van der Waals surface area (Å²) in [5.74, 6) is 0.732. The maximum Gasteiger partial charge on any atom is 0.175 e. The maximum absolute atomic E-state index is 11.4. The number of carbonyl (C=O) groups excluding carboxylic acids is 1. The van der Waals surface area contributed by atoms with Crippen molar-refractivity contribution in [2.45, 2.75) is 13.8 Å². The Kier molecular flexibility index (Phi) is 5.12. The number of ether oxygens (including phenoxy) is 1. The van der Waals surface area contributed by atoms with E-state index < -0.39 is 0 Å². The molecule has 114 valence electrons. The minimum Gasteiger partial charge on any atom is -0.495 e. The van der Waals surface area contributed by atoms with Crippen LogP contribution in [0.2, 0.25) is 0 Å². The summed E-state index contributed by atoms with van der Waals surface area (Å²) in [5.41, 5.74) is 3.30. The van der Waals surface area contributed by atoms with Crippen molar-refractivity contribution in [1.29, 1.82) is 0 Å². The smallest absolute Gasteiger partial charge is 0.175 e. The van der Waals surface area contributed by atoms with E-state index >= 15 is 0 Å². The fourth-order valence-corrected chi connectivity index (χ4v) is 2.25. The van der Waals surface area contributed by atoms with Crippen LogP contribution in [0.3, 0.4) is 0 Å². The molecule has 0 unspecified atom stereocenters. The summed E-state index contributed by atoms with van der Waals surface area (Å²) < 4.78 is 5.31. The Bertz CT molecular complexity index is 714. The first-order valence-corrected chi connectivity index (χ1v) is 7.24. The molecule has 2 aromatic rings. The molecule has 22 heavy (non-hydrogen) atoms. The molecule has 0 amide bonds. The van der Waals surface area contributed by atoms with Gasteiger partial charge >= 0.3 is 0 Å². The number of Topliss-reactive ketones (excluding diaryl/α,β-unsaturated/α-hetero) is 1. The fourth-order valence-electron chi connectivity index (χ4n) is 2.02. The van der Waals surface area contributed by atoms with Crippen molar-refractivity contribution < 1.29 is 9.53 Å². The molecule has 0 aromatic heterocycles. The first-order chi connectivity index (χ1) is 10.5. The zero-order chi connectivity index (χ0) is 16.1. The number of carbonyl (C=O) groups is 1. The van der Waals surface area contributed by atoms with Crippen molar-refractivity contribution in [3.8, 4) is 5.75 Å². The van der Waals surface area contributed by atoms with Gasteiger partial charge in [0.25, 0.3) is 0 Å². The van der Waals surface area contributed by atoms with Crippen molar-refractivity contribution in [1.82, 2.24) is 0 Å². The first kappa shape index (κ1) is 16.0. The van der Waals surface area contributed by atoms with Crippen LogP contribution in [0.15, 0.2) is 42.5 Å². The number of anilines is 2. The van der Waals surface area contributed by atoms with Crippen LogP contribution in [-0.4, -0.2) is 18.0 Å². The number of methoxy groups -OCH3 is 1. The van der Waals surface area contributed by atoms with Gasteiger partial charge in [-0.05, 0) is 55.9 Å². The Hall–Kier alpha value is -2.40. The van der Waals surface area contributed by atoms with Gasteiger partial charge < -0.3 is 15.4 Å². The second-order valence-electron chi connectivity index (χ2n) is 4.92. The van der Waals surface area contributed by atoms with Gasteiger partial charge in [0.2, 0.25) is 0 Å². The molecule has 2 aromatic carbocycles. The highest BCUT2D eigenvalue weighted by Gasteiger charge is 2.06. The highest BCUT2D eigenvalue weighted by Crippen LogP contribution is 2.25. The van der Waals surface area contributed by atoms with Crippen molar-refractivity contribution in [3.05, 3.63) is 53.6 Å². The summed E-state index contributed by atoms with van der Waals surface area (Å²) in [4.78, 5) is 11.4. The Balaban J connectivity index is 2.12. The first-order valence-electron chi connectivity index (χ1n) is 6.83. The Labute approximate surface area is 135 Å². The lowest BCUT2D eigenvalue weighted by Crippen LogP contribution is -2.19.